The van der Waals surface area contributed by atoms with Crippen LogP contribution in [0.1, 0.15) is 125 Å². The molecule has 2 aromatic rings. The van der Waals surface area contributed by atoms with Gasteiger partial charge in [-0.3, -0.25) is 14.4 Å². The van der Waals surface area contributed by atoms with Crippen molar-refractivity contribution in [2.45, 2.75) is 177 Å². The molecule has 2 aromatic carbocycles. The number of aliphatic hydroxyl groups is 2. The number of allylic oxidation sites excluding steroid dienone is 1. The molecule has 0 bridgehead atoms. The minimum Gasteiger partial charge on any atom is -0.459 e. The summed E-state index contributed by atoms with van der Waals surface area (Å²) in [7, 11) is 2.13. The summed E-state index contributed by atoms with van der Waals surface area (Å²) in [6.07, 6.45) is -3.14. The normalized spacial score (nSPS) is 27.9. The summed E-state index contributed by atoms with van der Waals surface area (Å²) in [4.78, 5) is 73.9. The number of benzene rings is 2. The average molecular weight is 1060 g/mol. The number of piperazine rings is 1. The van der Waals surface area contributed by atoms with Crippen LogP contribution in [0.15, 0.2) is 75.1 Å². The predicted octanol–water partition coefficient (Wildman–Crippen LogP) is 8.87. The van der Waals surface area contributed by atoms with Crippen molar-refractivity contribution in [2.75, 3.05) is 51.2 Å². The Morgan fingerprint density at radius 1 is 0.851 bits per heavy atom. The molecule has 2 saturated heterocycles. The molecule has 408 valence electrons. The van der Waals surface area contributed by atoms with Gasteiger partial charge in [0.25, 0.3) is 0 Å². The quantitative estimate of drug-likeness (QED) is 0.0504. The van der Waals surface area contributed by atoms with E-state index in [1.54, 1.807) is 51.6 Å². The molecule has 1 saturated carbocycles. The summed E-state index contributed by atoms with van der Waals surface area (Å²) in [5.41, 5.74) is -5.04. The summed E-state index contributed by atoms with van der Waals surface area (Å²) in [5.74, 6) is -5.03. The second kappa shape index (κ2) is 24.4. The number of hydrogen-bond acceptors (Lipinski definition) is 16. The summed E-state index contributed by atoms with van der Waals surface area (Å²) in [5, 5.41) is 23.9. The van der Waals surface area contributed by atoms with Gasteiger partial charge in [0.1, 0.15) is 11.7 Å². The standard InChI is InChI=1S/C34H50O12.C21H24F3N3S/c1-9-12-13-14-15-17-24(37)43-28-26-25(20(5)27(28)44-30(38)19(4)11-3)29-34(41,33(8,40)31(39)45-29)22(42-23(36)16-10-2)18-32(26,7)46-21(6)35;1-25-11-13-26(14-12-25)9-4-10-27-17-5-2-3-6-19(17)28-20-8-7-16(15-18(20)27)21(22,23)24/h11,22,26-29,40-41H,9-10,12-18H2,1-8H3;2-3,5-8,15H,4,9-14H2,1H3/b19-11-;/t22-,26+,27-,28-,29-,32-,33+,34+;/m0./s1. The Hall–Kier alpha value is -4.95. The van der Waals surface area contributed by atoms with Gasteiger partial charge in [-0.15, -0.1) is 0 Å². The molecular weight excluding hydrogens is 984 g/mol. The van der Waals surface area contributed by atoms with Gasteiger partial charge in [-0.2, -0.15) is 13.2 Å². The topological polar surface area (TPSA) is 182 Å². The van der Waals surface area contributed by atoms with Gasteiger partial charge in [0.2, 0.25) is 0 Å². The first kappa shape index (κ1) is 58.3. The Bertz CT molecular complexity index is 2440. The SMILES string of the molecule is C/C=C(/C)C(=O)O[C@H]1C(C)=C2[C@H]([C@@H]1OC(=O)CCCCCCC)[C@@](C)(OC(C)=O)C[C@H](OC(=O)CCC)[C@@]1(O)[C@H]2OC(=O)[C@@]1(C)O.CN1CCN(CCCN2c3ccccc3Sc3ccc(C(F)(F)F)cc32)CC1. The van der Waals surface area contributed by atoms with Crippen molar-refractivity contribution in [1.82, 2.24) is 9.80 Å². The fourth-order valence-electron chi connectivity index (χ4n) is 10.7. The molecule has 0 radical (unpaired) electrons. The van der Waals surface area contributed by atoms with Crippen molar-refractivity contribution in [3.63, 3.8) is 0 Å². The zero-order valence-corrected chi connectivity index (χ0v) is 45.0. The lowest BCUT2D eigenvalue weighted by atomic mass is 9.75. The van der Waals surface area contributed by atoms with E-state index in [0.717, 1.165) is 87.2 Å². The molecule has 0 amide bonds. The average Bonchev–Trinajstić information content (AvgIpc) is 3.68. The number of halogens is 3. The minimum absolute atomic E-state index is 0.0234. The summed E-state index contributed by atoms with van der Waals surface area (Å²) < 4.78 is 69.1. The van der Waals surface area contributed by atoms with Crippen LogP contribution in [0.2, 0.25) is 0 Å². The molecule has 0 unspecified atom stereocenters. The van der Waals surface area contributed by atoms with Crippen LogP contribution in [-0.2, 0) is 53.8 Å². The first-order valence-corrected chi connectivity index (χ1v) is 26.7. The lowest BCUT2D eigenvalue weighted by Gasteiger charge is -2.41. The molecule has 5 aliphatic rings. The molecule has 3 fully saturated rings. The Balaban J connectivity index is 0.000000270. The van der Waals surface area contributed by atoms with Crippen LogP contribution in [-0.4, -0.2) is 137 Å². The molecule has 8 atom stereocenters. The number of hydrogen-bond donors (Lipinski definition) is 2. The van der Waals surface area contributed by atoms with Crippen LogP contribution in [0, 0.1) is 5.92 Å². The van der Waals surface area contributed by atoms with E-state index in [0.29, 0.717) is 25.1 Å². The van der Waals surface area contributed by atoms with Crippen molar-refractivity contribution in [1.29, 1.82) is 0 Å². The van der Waals surface area contributed by atoms with Crippen LogP contribution in [0.4, 0.5) is 24.5 Å². The van der Waals surface area contributed by atoms with Gasteiger partial charge in [-0.1, -0.05) is 69.5 Å². The number of fused-ring (bicyclic) bond motifs is 5. The number of para-hydroxylation sites is 1. The number of carbonyl (C=O) groups is 5. The number of alkyl halides is 3. The van der Waals surface area contributed by atoms with Crippen LogP contribution < -0.4 is 4.90 Å². The maximum Gasteiger partial charge on any atom is 0.416 e. The first-order chi connectivity index (χ1) is 34.9. The van der Waals surface area contributed by atoms with Gasteiger partial charge in [0.05, 0.1) is 22.9 Å². The largest absolute Gasteiger partial charge is 0.459 e. The van der Waals surface area contributed by atoms with Crippen molar-refractivity contribution in [3.05, 3.63) is 70.8 Å². The van der Waals surface area contributed by atoms with Crippen molar-refractivity contribution < 1.29 is 71.0 Å². The van der Waals surface area contributed by atoms with Gasteiger partial charge in [-0.25, -0.2) is 9.59 Å². The van der Waals surface area contributed by atoms with E-state index in [2.05, 4.69) is 28.7 Å². The van der Waals surface area contributed by atoms with E-state index in [4.69, 9.17) is 23.7 Å². The third-order valence-corrected chi connectivity index (χ3v) is 16.0. The fraction of sp³-hybridized carbons (Fsp3) is 0.618. The highest BCUT2D eigenvalue weighted by Crippen LogP contribution is 2.58. The Morgan fingerprint density at radius 2 is 1.51 bits per heavy atom. The molecule has 7 rings (SSSR count). The number of ether oxygens (including phenoxy) is 5. The van der Waals surface area contributed by atoms with Gasteiger partial charge in [-0.05, 0) is 109 Å². The highest BCUT2D eigenvalue weighted by atomic mass is 32.2. The van der Waals surface area contributed by atoms with Gasteiger partial charge in [0.15, 0.2) is 29.5 Å². The number of carbonyl (C=O) groups excluding carboxylic acids is 5. The molecule has 3 heterocycles. The first-order valence-electron chi connectivity index (χ1n) is 25.9. The summed E-state index contributed by atoms with van der Waals surface area (Å²) in [6, 6.07) is 12.0. The highest BCUT2D eigenvalue weighted by Gasteiger charge is 2.76. The number of unbranched alkanes of at least 4 members (excludes halogenated alkanes) is 4. The monoisotopic (exact) mass is 1060 g/mol. The summed E-state index contributed by atoms with van der Waals surface area (Å²) in [6.45, 7) is 18.3. The molecule has 3 aliphatic heterocycles. The predicted molar refractivity (Wildman–Crippen MR) is 271 cm³/mol. The van der Waals surface area contributed by atoms with E-state index in [1.165, 1.54) is 26.0 Å². The maximum absolute atomic E-state index is 13.3. The zero-order chi connectivity index (χ0) is 54.3. The Morgan fingerprint density at radius 3 is 2.16 bits per heavy atom. The van der Waals surface area contributed by atoms with Crippen LogP contribution in [0.3, 0.4) is 0 Å². The number of likely N-dealkylation sites (N-methyl/N-ethyl adjacent to an activating group) is 1. The molecule has 15 nitrogen and oxygen atoms in total. The molecule has 74 heavy (non-hydrogen) atoms. The van der Waals surface area contributed by atoms with Crippen LogP contribution in [0.25, 0.3) is 0 Å². The Labute approximate surface area is 437 Å². The number of anilines is 2. The van der Waals surface area contributed by atoms with E-state index < -0.39 is 95.1 Å². The van der Waals surface area contributed by atoms with E-state index in [9.17, 15) is 47.4 Å². The van der Waals surface area contributed by atoms with Crippen molar-refractivity contribution in [3.8, 4) is 0 Å². The van der Waals surface area contributed by atoms with E-state index in [-0.39, 0.29) is 29.6 Å². The van der Waals surface area contributed by atoms with Crippen molar-refractivity contribution >= 4 is 53.0 Å². The third-order valence-electron chi connectivity index (χ3n) is 14.9. The maximum atomic E-state index is 13.3. The molecule has 0 spiro atoms. The highest BCUT2D eigenvalue weighted by molar-refractivity contribution is 7.99. The van der Waals surface area contributed by atoms with E-state index >= 15 is 0 Å². The second-order valence-corrected chi connectivity index (χ2v) is 21.5. The molecule has 19 heteroatoms. The second-order valence-electron chi connectivity index (χ2n) is 20.5. The lowest BCUT2D eigenvalue weighted by molar-refractivity contribution is -0.212. The number of nitrogens with zero attached hydrogens (tertiary/aromatic N) is 3. The van der Waals surface area contributed by atoms with Gasteiger partial charge < -0.3 is 48.6 Å². The lowest BCUT2D eigenvalue weighted by Crippen LogP contribution is -2.64. The summed E-state index contributed by atoms with van der Waals surface area (Å²) >= 11 is 1.54. The third kappa shape index (κ3) is 12.7. The fourth-order valence-corrected chi connectivity index (χ4v) is 11.7. The van der Waals surface area contributed by atoms with Gasteiger partial charge >= 0.3 is 36.0 Å². The van der Waals surface area contributed by atoms with E-state index in [1.807, 2.05) is 24.3 Å². The Kier molecular flexibility index (Phi) is 19.2. The smallest absolute Gasteiger partial charge is 0.416 e. The van der Waals surface area contributed by atoms with Gasteiger partial charge in [0, 0.05) is 74.3 Å². The van der Waals surface area contributed by atoms with Crippen molar-refractivity contribution in [2.24, 2.45) is 5.92 Å². The van der Waals surface area contributed by atoms with Crippen LogP contribution >= 0.6 is 11.8 Å². The minimum atomic E-state index is -4.33. The van der Waals surface area contributed by atoms with Crippen LogP contribution in [0.5, 0.6) is 0 Å². The zero-order valence-electron chi connectivity index (χ0n) is 44.2. The molecular formula is C55H74F3N3O12S. The molecule has 2 N–H and O–H groups in total. The number of esters is 5. The molecule has 0 aromatic heterocycles. The number of rotatable bonds is 17. The molecule has 2 aliphatic carbocycles.